The van der Waals surface area contributed by atoms with E-state index in [1.807, 2.05) is 48.5 Å². The fourth-order valence-electron chi connectivity index (χ4n) is 3.17. The molecule has 2 aromatic carbocycles. The minimum Gasteiger partial charge on any atom is -0.493 e. The van der Waals surface area contributed by atoms with Crippen molar-refractivity contribution in [3.63, 3.8) is 0 Å². The van der Waals surface area contributed by atoms with Crippen LogP contribution in [-0.4, -0.2) is 49.9 Å². The lowest BCUT2D eigenvalue weighted by Crippen LogP contribution is -2.46. The van der Waals surface area contributed by atoms with E-state index in [9.17, 15) is 5.11 Å². The summed E-state index contributed by atoms with van der Waals surface area (Å²) >= 11 is 0. The first-order chi connectivity index (χ1) is 12.3. The lowest BCUT2D eigenvalue weighted by Gasteiger charge is -2.34. The standard InChI is InChI=1S/C20H26N2O3/c1-24-19-8-7-17(18(14-23)22-11-9-21-10-12-22)13-20(19)25-15-16-5-3-2-4-6-16/h2-8,13,18,21,23H,9-12,14-15H2,1H3. The fourth-order valence-corrected chi connectivity index (χ4v) is 3.17. The highest BCUT2D eigenvalue weighted by molar-refractivity contribution is 5.44. The van der Waals surface area contributed by atoms with Crippen LogP contribution in [0.5, 0.6) is 11.5 Å². The molecule has 1 fully saturated rings. The molecular weight excluding hydrogens is 316 g/mol. The number of rotatable bonds is 7. The van der Waals surface area contributed by atoms with Gasteiger partial charge in [-0.25, -0.2) is 0 Å². The Morgan fingerprint density at radius 1 is 1.08 bits per heavy atom. The molecule has 25 heavy (non-hydrogen) atoms. The topological polar surface area (TPSA) is 54.0 Å². The molecule has 5 heteroatoms. The second-order valence-electron chi connectivity index (χ2n) is 6.17. The molecule has 1 saturated heterocycles. The van der Waals surface area contributed by atoms with Crippen LogP contribution in [0.15, 0.2) is 48.5 Å². The average Bonchev–Trinajstić information content (AvgIpc) is 2.69. The van der Waals surface area contributed by atoms with Crippen LogP contribution in [0, 0.1) is 0 Å². The molecule has 0 aliphatic carbocycles. The molecule has 0 saturated carbocycles. The number of benzene rings is 2. The van der Waals surface area contributed by atoms with Crippen LogP contribution in [0.4, 0.5) is 0 Å². The molecule has 0 amide bonds. The molecule has 1 heterocycles. The summed E-state index contributed by atoms with van der Waals surface area (Å²) in [5, 5.41) is 13.3. The molecule has 0 bridgehead atoms. The lowest BCUT2D eigenvalue weighted by molar-refractivity contribution is 0.110. The Morgan fingerprint density at radius 2 is 1.84 bits per heavy atom. The summed E-state index contributed by atoms with van der Waals surface area (Å²) in [6.45, 7) is 4.32. The average molecular weight is 342 g/mol. The van der Waals surface area contributed by atoms with Gasteiger partial charge >= 0.3 is 0 Å². The number of nitrogens with zero attached hydrogens (tertiary/aromatic N) is 1. The van der Waals surface area contributed by atoms with Gasteiger partial charge in [-0.05, 0) is 23.3 Å². The SMILES string of the molecule is COc1ccc(C(CO)N2CCNCC2)cc1OCc1ccccc1. The summed E-state index contributed by atoms with van der Waals surface area (Å²) in [4.78, 5) is 2.30. The van der Waals surface area contributed by atoms with Crippen molar-refractivity contribution in [3.05, 3.63) is 59.7 Å². The fraction of sp³-hybridized carbons (Fsp3) is 0.400. The van der Waals surface area contributed by atoms with Crippen molar-refractivity contribution in [2.24, 2.45) is 0 Å². The van der Waals surface area contributed by atoms with Gasteiger partial charge in [-0.15, -0.1) is 0 Å². The smallest absolute Gasteiger partial charge is 0.161 e. The number of aliphatic hydroxyl groups is 1. The van der Waals surface area contributed by atoms with E-state index in [1.165, 1.54) is 0 Å². The van der Waals surface area contributed by atoms with E-state index in [2.05, 4.69) is 10.2 Å². The molecule has 1 aliphatic rings. The van der Waals surface area contributed by atoms with Crippen LogP contribution >= 0.6 is 0 Å². The number of aliphatic hydroxyl groups excluding tert-OH is 1. The first kappa shape index (κ1) is 17.7. The maximum Gasteiger partial charge on any atom is 0.161 e. The van der Waals surface area contributed by atoms with E-state index in [0.717, 1.165) is 37.3 Å². The summed E-state index contributed by atoms with van der Waals surface area (Å²) in [7, 11) is 1.64. The summed E-state index contributed by atoms with van der Waals surface area (Å²) in [6, 6.07) is 16.0. The number of piperazine rings is 1. The monoisotopic (exact) mass is 342 g/mol. The maximum atomic E-state index is 9.92. The summed E-state index contributed by atoms with van der Waals surface area (Å²) in [5.41, 5.74) is 2.16. The van der Waals surface area contributed by atoms with Crippen molar-refractivity contribution in [2.75, 3.05) is 39.9 Å². The zero-order valence-electron chi connectivity index (χ0n) is 14.6. The second-order valence-corrected chi connectivity index (χ2v) is 6.17. The van der Waals surface area contributed by atoms with Gasteiger partial charge in [-0.1, -0.05) is 36.4 Å². The summed E-state index contributed by atoms with van der Waals surface area (Å²) in [5.74, 6) is 1.41. The minimum atomic E-state index is -0.0212. The van der Waals surface area contributed by atoms with Crippen LogP contribution < -0.4 is 14.8 Å². The lowest BCUT2D eigenvalue weighted by atomic mass is 10.0. The summed E-state index contributed by atoms with van der Waals surface area (Å²) < 4.78 is 11.4. The predicted octanol–water partition coefficient (Wildman–Crippen LogP) is 2.21. The van der Waals surface area contributed by atoms with Gasteiger partial charge < -0.3 is 19.9 Å². The molecule has 1 unspecified atom stereocenters. The number of hydrogen-bond acceptors (Lipinski definition) is 5. The molecule has 134 valence electrons. The van der Waals surface area contributed by atoms with Crippen molar-refractivity contribution in [1.29, 1.82) is 0 Å². The zero-order valence-corrected chi connectivity index (χ0v) is 14.6. The first-order valence-corrected chi connectivity index (χ1v) is 8.72. The first-order valence-electron chi connectivity index (χ1n) is 8.72. The molecule has 0 spiro atoms. The largest absolute Gasteiger partial charge is 0.493 e. The number of methoxy groups -OCH3 is 1. The third kappa shape index (κ3) is 4.51. The van der Waals surface area contributed by atoms with Crippen molar-refractivity contribution in [1.82, 2.24) is 10.2 Å². The number of ether oxygens (including phenoxy) is 2. The van der Waals surface area contributed by atoms with Gasteiger partial charge in [0.25, 0.3) is 0 Å². The van der Waals surface area contributed by atoms with Gasteiger partial charge in [0.2, 0.25) is 0 Å². The molecule has 0 aromatic heterocycles. The van der Waals surface area contributed by atoms with Gasteiger partial charge in [0.1, 0.15) is 6.61 Å². The molecule has 0 radical (unpaired) electrons. The Balaban J connectivity index is 1.78. The molecule has 2 N–H and O–H groups in total. The van der Waals surface area contributed by atoms with Gasteiger partial charge in [-0.2, -0.15) is 0 Å². The van der Waals surface area contributed by atoms with Crippen LogP contribution in [0.1, 0.15) is 17.2 Å². The van der Waals surface area contributed by atoms with Gasteiger partial charge in [0.05, 0.1) is 19.8 Å². The highest BCUT2D eigenvalue weighted by Gasteiger charge is 2.22. The predicted molar refractivity (Wildman–Crippen MR) is 98.0 cm³/mol. The number of nitrogens with one attached hydrogen (secondary N) is 1. The molecule has 2 aromatic rings. The second kappa shape index (κ2) is 8.85. The van der Waals surface area contributed by atoms with E-state index in [1.54, 1.807) is 7.11 Å². The van der Waals surface area contributed by atoms with E-state index in [0.29, 0.717) is 18.1 Å². The van der Waals surface area contributed by atoms with E-state index < -0.39 is 0 Å². The highest BCUT2D eigenvalue weighted by atomic mass is 16.5. The minimum absolute atomic E-state index is 0.0212. The van der Waals surface area contributed by atoms with Crippen LogP contribution in [0.3, 0.4) is 0 Å². The summed E-state index contributed by atoms with van der Waals surface area (Å²) in [6.07, 6.45) is 0. The third-order valence-electron chi connectivity index (χ3n) is 4.57. The Morgan fingerprint density at radius 3 is 2.52 bits per heavy atom. The highest BCUT2D eigenvalue weighted by Crippen LogP contribution is 2.32. The molecule has 5 nitrogen and oxygen atoms in total. The number of hydrogen-bond donors (Lipinski definition) is 2. The van der Waals surface area contributed by atoms with E-state index in [-0.39, 0.29) is 12.6 Å². The van der Waals surface area contributed by atoms with Crippen molar-refractivity contribution >= 4 is 0 Å². The van der Waals surface area contributed by atoms with E-state index in [4.69, 9.17) is 9.47 Å². The Bertz CT molecular complexity index is 657. The third-order valence-corrected chi connectivity index (χ3v) is 4.57. The Kier molecular flexibility index (Phi) is 6.28. The zero-order chi connectivity index (χ0) is 17.5. The molecule has 1 aliphatic heterocycles. The molecular formula is C20H26N2O3. The van der Waals surface area contributed by atoms with Gasteiger partial charge in [0, 0.05) is 26.2 Å². The van der Waals surface area contributed by atoms with Crippen molar-refractivity contribution < 1.29 is 14.6 Å². The van der Waals surface area contributed by atoms with Gasteiger partial charge in [0.15, 0.2) is 11.5 Å². The van der Waals surface area contributed by atoms with Crippen LogP contribution in [0.2, 0.25) is 0 Å². The van der Waals surface area contributed by atoms with Crippen molar-refractivity contribution in [3.8, 4) is 11.5 Å². The van der Waals surface area contributed by atoms with Crippen molar-refractivity contribution in [2.45, 2.75) is 12.6 Å². The van der Waals surface area contributed by atoms with E-state index >= 15 is 0 Å². The maximum absolute atomic E-state index is 9.92. The Hall–Kier alpha value is -2.08. The molecule has 1 atom stereocenters. The van der Waals surface area contributed by atoms with Crippen LogP contribution in [-0.2, 0) is 6.61 Å². The van der Waals surface area contributed by atoms with Crippen LogP contribution in [0.25, 0.3) is 0 Å². The molecule has 3 rings (SSSR count). The normalized spacial score (nSPS) is 16.4. The quantitative estimate of drug-likeness (QED) is 0.808. The Labute approximate surface area is 149 Å². The van der Waals surface area contributed by atoms with Gasteiger partial charge in [-0.3, -0.25) is 4.90 Å².